The molecule has 0 atom stereocenters. The molecule has 0 spiro atoms. The lowest BCUT2D eigenvalue weighted by Gasteiger charge is -2.24. The Morgan fingerprint density at radius 1 is 1.33 bits per heavy atom. The minimum absolute atomic E-state index is 0.0879. The van der Waals surface area contributed by atoms with E-state index in [4.69, 9.17) is 28.3 Å². The van der Waals surface area contributed by atoms with Gasteiger partial charge in [-0.05, 0) is 26.0 Å². The average molecular weight is 291 g/mol. The summed E-state index contributed by atoms with van der Waals surface area (Å²) >= 11 is 11.4. The SMILES string of the molecule is CC(C)N(CC(=O)O)C(=O)c1cc(Cl)nc(Cl)c1. The van der Waals surface area contributed by atoms with Gasteiger partial charge in [0.2, 0.25) is 0 Å². The Balaban J connectivity index is 3.05. The molecule has 1 N–H and O–H groups in total. The number of carbonyl (C=O) groups is 2. The maximum Gasteiger partial charge on any atom is 0.323 e. The standard InChI is InChI=1S/C11H12Cl2N2O3/c1-6(2)15(5-10(16)17)11(18)7-3-8(12)14-9(13)4-7/h3-4,6H,5H2,1-2H3,(H,16,17). The van der Waals surface area contributed by atoms with Crippen LogP contribution in [0.5, 0.6) is 0 Å². The molecule has 0 aromatic carbocycles. The van der Waals surface area contributed by atoms with Crippen LogP contribution in [-0.4, -0.2) is 39.5 Å². The van der Waals surface area contributed by atoms with Gasteiger partial charge in [0.1, 0.15) is 16.9 Å². The van der Waals surface area contributed by atoms with E-state index in [0.29, 0.717) is 0 Å². The smallest absolute Gasteiger partial charge is 0.323 e. The molecule has 1 amide bonds. The van der Waals surface area contributed by atoms with E-state index in [1.807, 2.05) is 0 Å². The zero-order valence-electron chi connectivity index (χ0n) is 9.85. The highest BCUT2D eigenvalue weighted by Crippen LogP contribution is 2.17. The zero-order chi connectivity index (χ0) is 13.9. The van der Waals surface area contributed by atoms with E-state index in [1.54, 1.807) is 13.8 Å². The second-order valence-electron chi connectivity index (χ2n) is 3.92. The molecule has 0 aliphatic carbocycles. The van der Waals surface area contributed by atoms with E-state index in [0.717, 1.165) is 0 Å². The average Bonchev–Trinajstić information content (AvgIpc) is 2.23. The van der Waals surface area contributed by atoms with Gasteiger partial charge in [-0.15, -0.1) is 0 Å². The lowest BCUT2D eigenvalue weighted by Crippen LogP contribution is -2.40. The third-order valence-corrected chi connectivity index (χ3v) is 2.59. The Bertz CT molecular complexity index is 457. The molecule has 0 fully saturated rings. The van der Waals surface area contributed by atoms with Crippen LogP contribution in [0.25, 0.3) is 0 Å². The molecule has 0 saturated heterocycles. The molecule has 7 heteroatoms. The number of halogens is 2. The Kier molecular flexibility index (Phi) is 4.93. The monoisotopic (exact) mass is 290 g/mol. The van der Waals surface area contributed by atoms with Crippen molar-refractivity contribution in [1.82, 2.24) is 9.88 Å². The summed E-state index contributed by atoms with van der Waals surface area (Å²) < 4.78 is 0. The van der Waals surface area contributed by atoms with Gasteiger partial charge >= 0.3 is 5.97 Å². The van der Waals surface area contributed by atoms with E-state index in [1.165, 1.54) is 17.0 Å². The van der Waals surface area contributed by atoms with Gasteiger partial charge in [-0.2, -0.15) is 0 Å². The molecule has 0 aliphatic heterocycles. The summed E-state index contributed by atoms with van der Waals surface area (Å²) in [6.07, 6.45) is 0. The number of carbonyl (C=O) groups excluding carboxylic acids is 1. The van der Waals surface area contributed by atoms with Crippen molar-refractivity contribution in [2.45, 2.75) is 19.9 Å². The fourth-order valence-electron chi connectivity index (χ4n) is 1.39. The predicted octanol–water partition coefficient (Wildman–Crippen LogP) is 2.32. The van der Waals surface area contributed by atoms with Crippen LogP contribution in [-0.2, 0) is 4.79 Å². The highest BCUT2D eigenvalue weighted by Gasteiger charge is 2.22. The number of amides is 1. The Hall–Kier alpha value is -1.33. The molecule has 1 heterocycles. The molecule has 18 heavy (non-hydrogen) atoms. The van der Waals surface area contributed by atoms with Crippen molar-refractivity contribution in [3.8, 4) is 0 Å². The molecule has 0 aliphatic rings. The van der Waals surface area contributed by atoms with Gasteiger partial charge in [0.25, 0.3) is 5.91 Å². The molecule has 5 nitrogen and oxygen atoms in total. The molecule has 1 aromatic rings. The normalized spacial score (nSPS) is 10.5. The summed E-state index contributed by atoms with van der Waals surface area (Å²) in [4.78, 5) is 27.8. The van der Waals surface area contributed by atoms with Crippen molar-refractivity contribution in [3.63, 3.8) is 0 Å². The second-order valence-corrected chi connectivity index (χ2v) is 4.70. The summed E-state index contributed by atoms with van der Waals surface area (Å²) in [7, 11) is 0. The van der Waals surface area contributed by atoms with Gasteiger partial charge in [0.05, 0.1) is 0 Å². The fourth-order valence-corrected chi connectivity index (χ4v) is 1.85. The Morgan fingerprint density at radius 3 is 2.22 bits per heavy atom. The number of hydrogen-bond acceptors (Lipinski definition) is 3. The lowest BCUT2D eigenvalue weighted by atomic mass is 10.2. The number of carboxylic acid groups (broad SMARTS) is 1. The molecular formula is C11H12Cl2N2O3. The molecule has 0 bridgehead atoms. The van der Waals surface area contributed by atoms with E-state index in [9.17, 15) is 9.59 Å². The Labute approximate surface area is 114 Å². The first-order chi connectivity index (χ1) is 8.31. The van der Waals surface area contributed by atoms with Crippen LogP contribution in [0.2, 0.25) is 10.3 Å². The van der Waals surface area contributed by atoms with Gasteiger partial charge in [-0.25, -0.2) is 4.98 Å². The van der Waals surface area contributed by atoms with E-state index in [2.05, 4.69) is 4.98 Å². The van der Waals surface area contributed by atoms with Gasteiger partial charge in [-0.1, -0.05) is 23.2 Å². The van der Waals surface area contributed by atoms with Crippen molar-refractivity contribution in [1.29, 1.82) is 0 Å². The van der Waals surface area contributed by atoms with Crippen LogP contribution in [0.3, 0.4) is 0 Å². The van der Waals surface area contributed by atoms with Crippen LogP contribution in [0, 0.1) is 0 Å². The molecule has 1 aromatic heterocycles. The Morgan fingerprint density at radius 2 is 1.83 bits per heavy atom. The maximum atomic E-state index is 12.1. The molecule has 98 valence electrons. The van der Waals surface area contributed by atoms with E-state index in [-0.39, 0.29) is 28.5 Å². The number of aromatic nitrogens is 1. The summed E-state index contributed by atoms with van der Waals surface area (Å²) in [5.74, 6) is -1.53. The van der Waals surface area contributed by atoms with Gasteiger partial charge in [0.15, 0.2) is 0 Å². The fraction of sp³-hybridized carbons (Fsp3) is 0.364. The predicted molar refractivity (Wildman–Crippen MR) is 68.1 cm³/mol. The van der Waals surface area contributed by atoms with Crippen molar-refractivity contribution in [2.75, 3.05) is 6.54 Å². The lowest BCUT2D eigenvalue weighted by molar-refractivity contribution is -0.138. The number of nitrogens with zero attached hydrogens (tertiary/aromatic N) is 2. The molecule has 0 unspecified atom stereocenters. The van der Waals surface area contributed by atoms with Crippen LogP contribution >= 0.6 is 23.2 Å². The highest BCUT2D eigenvalue weighted by molar-refractivity contribution is 6.33. The van der Waals surface area contributed by atoms with Gasteiger partial charge < -0.3 is 10.0 Å². The molecule has 0 saturated carbocycles. The zero-order valence-corrected chi connectivity index (χ0v) is 11.4. The quantitative estimate of drug-likeness (QED) is 0.864. The van der Waals surface area contributed by atoms with Crippen LogP contribution in [0.15, 0.2) is 12.1 Å². The number of carboxylic acids is 1. The number of rotatable bonds is 4. The maximum absolute atomic E-state index is 12.1. The van der Waals surface area contributed by atoms with Gasteiger partial charge in [-0.3, -0.25) is 9.59 Å². The van der Waals surface area contributed by atoms with Crippen LogP contribution in [0.1, 0.15) is 24.2 Å². The molecule has 1 rings (SSSR count). The van der Waals surface area contributed by atoms with Crippen LogP contribution in [0.4, 0.5) is 0 Å². The number of aliphatic carboxylic acids is 1. The first-order valence-electron chi connectivity index (χ1n) is 5.17. The first-order valence-corrected chi connectivity index (χ1v) is 5.92. The van der Waals surface area contributed by atoms with E-state index < -0.39 is 11.9 Å². The van der Waals surface area contributed by atoms with Crippen molar-refractivity contribution in [3.05, 3.63) is 28.0 Å². The molecule has 0 radical (unpaired) electrons. The number of hydrogen-bond donors (Lipinski definition) is 1. The first kappa shape index (κ1) is 14.7. The second kappa shape index (κ2) is 6.02. The summed E-state index contributed by atoms with van der Waals surface area (Å²) in [6.45, 7) is 3.07. The van der Waals surface area contributed by atoms with Crippen molar-refractivity contribution in [2.24, 2.45) is 0 Å². The van der Waals surface area contributed by atoms with Crippen molar-refractivity contribution >= 4 is 35.1 Å². The topological polar surface area (TPSA) is 70.5 Å². The van der Waals surface area contributed by atoms with E-state index >= 15 is 0 Å². The number of pyridine rings is 1. The summed E-state index contributed by atoms with van der Waals surface area (Å²) in [6, 6.07) is 2.46. The van der Waals surface area contributed by atoms with Crippen molar-refractivity contribution < 1.29 is 14.7 Å². The minimum Gasteiger partial charge on any atom is -0.480 e. The van der Waals surface area contributed by atoms with Crippen LogP contribution < -0.4 is 0 Å². The third-order valence-electron chi connectivity index (χ3n) is 2.20. The van der Waals surface area contributed by atoms with Gasteiger partial charge in [0, 0.05) is 11.6 Å². The summed E-state index contributed by atoms with van der Waals surface area (Å²) in [5, 5.41) is 8.96. The minimum atomic E-state index is -1.08. The largest absolute Gasteiger partial charge is 0.480 e. The third kappa shape index (κ3) is 3.85. The summed E-state index contributed by atoms with van der Waals surface area (Å²) in [5.41, 5.74) is 0.218. The highest BCUT2D eigenvalue weighted by atomic mass is 35.5. The molecular weight excluding hydrogens is 279 g/mol.